The van der Waals surface area contributed by atoms with Gasteiger partial charge in [-0.3, -0.25) is 9.69 Å². The Labute approximate surface area is 193 Å². The van der Waals surface area contributed by atoms with E-state index in [-0.39, 0.29) is 11.2 Å². The quantitative estimate of drug-likeness (QED) is 0.322. The highest BCUT2D eigenvalue weighted by Gasteiger charge is 2.37. The van der Waals surface area contributed by atoms with Gasteiger partial charge < -0.3 is 4.74 Å². The standard InChI is InChI=1S/C26H27N3O2S/c1-3-4-16-24-25(30)29(18-21-13-9-12-19-10-5-7-14-22(19)21)26(32-24)28-27-17-20-11-6-8-15-23(20)31-2/h5-15,17,24H,3-4,16,18H2,1-2H3/b27-17-,28-26+/t24-/m1/s1. The second kappa shape index (κ2) is 10.5. The molecule has 164 valence electrons. The van der Waals surface area contributed by atoms with Crippen LogP contribution < -0.4 is 4.74 Å². The van der Waals surface area contributed by atoms with E-state index in [0.29, 0.717) is 11.7 Å². The minimum absolute atomic E-state index is 0.106. The number of para-hydroxylation sites is 1. The van der Waals surface area contributed by atoms with Crippen LogP contribution in [0.3, 0.4) is 0 Å². The third-order valence-electron chi connectivity index (χ3n) is 5.53. The van der Waals surface area contributed by atoms with Gasteiger partial charge in [0.05, 0.1) is 25.1 Å². The van der Waals surface area contributed by atoms with Gasteiger partial charge in [-0.25, -0.2) is 0 Å². The number of amides is 1. The zero-order chi connectivity index (χ0) is 22.3. The van der Waals surface area contributed by atoms with E-state index >= 15 is 0 Å². The number of benzene rings is 3. The Balaban J connectivity index is 1.63. The molecule has 0 spiro atoms. The molecule has 32 heavy (non-hydrogen) atoms. The first-order chi connectivity index (χ1) is 15.7. The van der Waals surface area contributed by atoms with Crippen LogP contribution in [0.1, 0.15) is 37.3 Å². The van der Waals surface area contributed by atoms with Gasteiger partial charge in [0.25, 0.3) is 0 Å². The first kappa shape index (κ1) is 22.1. The van der Waals surface area contributed by atoms with Crippen LogP contribution in [0.25, 0.3) is 10.8 Å². The van der Waals surface area contributed by atoms with Crippen LogP contribution in [-0.4, -0.2) is 34.5 Å². The molecular formula is C26H27N3O2S. The van der Waals surface area contributed by atoms with Gasteiger partial charge in [0.1, 0.15) is 5.75 Å². The van der Waals surface area contributed by atoms with Crippen molar-refractivity contribution in [1.29, 1.82) is 0 Å². The number of amidine groups is 1. The second-order valence-electron chi connectivity index (χ2n) is 7.68. The molecule has 1 heterocycles. The van der Waals surface area contributed by atoms with Crippen molar-refractivity contribution in [3.05, 3.63) is 77.9 Å². The summed E-state index contributed by atoms with van der Waals surface area (Å²) in [6.45, 7) is 2.63. The van der Waals surface area contributed by atoms with Gasteiger partial charge in [-0.15, -0.1) is 5.10 Å². The van der Waals surface area contributed by atoms with E-state index in [1.54, 1.807) is 18.2 Å². The van der Waals surface area contributed by atoms with Crippen LogP contribution in [0, 0.1) is 0 Å². The molecule has 5 nitrogen and oxygen atoms in total. The zero-order valence-electron chi connectivity index (χ0n) is 18.4. The predicted molar refractivity (Wildman–Crippen MR) is 133 cm³/mol. The number of hydrogen-bond donors (Lipinski definition) is 0. The summed E-state index contributed by atoms with van der Waals surface area (Å²) in [6.07, 6.45) is 4.60. The van der Waals surface area contributed by atoms with Crippen molar-refractivity contribution in [2.45, 2.75) is 38.0 Å². The minimum Gasteiger partial charge on any atom is -0.496 e. The molecule has 0 saturated carbocycles. The summed E-state index contributed by atoms with van der Waals surface area (Å²) in [5.41, 5.74) is 1.95. The maximum atomic E-state index is 13.2. The van der Waals surface area contributed by atoms with Crippen molar-refractivity contribution < 1.29 is 9.53 Å². The summed E-state index contributed by atoms with van der Waals surface area (Å²) in [5.74, 6) is 0.850. The zero-order valence-corrected chi connectivity index (χ0v) is 19.2. The van der Waals surface area contributed by atoms with Crippen LogP contribution in [0.4, 0.5) is 0 Å². The van der Waals surface area contributed by atoms with Gasteiger partial charge in [-0.05, 0) is 34.9 Å². The number of hydrogen-bond acceptors (Lipinski definition) is 5. The van der Waals surface area contributed by atoms with Crippen LogP contribution in [0.2, 0.25) is 0 Å². The maximum absolute atomic E-state index is 13.2. The molecular weight excluding hydrogens is 418 g/mol. The first-order valence-electron chi connectivity index (χ1n) is 10.9. The highest BCUT2D eigenvalue weighted by molar-refractivity contribution is 8.15. The molecule has 0 N–H and O–H groups in total. The van der Waals surface area contributed by atoms with Crippen LogP contribution in [0.5, 0.6) is 5.75 Å². The topological polar surface area (TPSA) is 54.3 Å². The SMILES string of the molecule is CCCC[C@H]1S/C(=N/N=C\c2ccccc2OC)N(Cc2cccc3ccccc23)C1=O. The predicted octanol–water partition coefficient (Wildman–Crippen LogP) is 5.87. The third-order valence-corrected chi connectivity index (χ3v) is 6.76. The Morgan fingerprint density at radius 3 is 2.69 bits per heavy atom. The van der Waals surface area contributed by atoms with Crippen molar-refractivity contribution in [2.24, 2.45) is 10.2 Å². The fourth-order valence-electron chi connectivity index (χ4n) is 3.82. The van der Waals surface area contributed by atoms with Crippen molar-refractivity contribution in [1.82, 2.24) is 4.90 Å². The van der Waals surface area contributed by atoms with Crippen molar-refractivity contribution in [3.8, 4) is 5.75 Å². The summed E-state index contributed by atoms with van der Waals surface area (Å²) in [5, 5.41) is 11.6. The largest absolute Gasteiger partial charge is 0.496 e. The number of unbranched alkanes of at least 4 members (excludes halogenated alkanes) is 1. The van der Waals surface area contributed by atoms with Gasteiger partial charge >= 0.3 is 0 Å². The average Bonchev–Trinajstić information content (AvgIpc) is 3.12. The van der Waals surface area contributed by atoms with Crippen molar-refractivity contribution >= 4 is 39.8 Å². The third kappa shape index (κ3) is 4.86. The van der Waals surface area contributed by atoms with Crippen molar-refractivity contribution in [3.63, 3.8) is 0 Å². The number of carbonyl (C=O) groups is 1. The summed E-state index contributed by atoms with van der Waals surface area (Å²) in [7, 11) is 1.63. The summed E-state index contributed by atoms with van der Waals surface area (Å²) >= 11 is 1.52. The Bertz CT molecular complexity index is 1150. The molecule has 4 rings (SSSR count). The summed E-state index contributed by atoms with van der Waals surface area (Å²) in [4.78, 5) is 15.0. The monoisotopic (exact) mass is 445 g/mol. The molecule has 0 radical (unpaired) electrons. The lowest BCUT2D eigenvalue weighted by Crippen LogP contribution is -2.31. The van der Waals surface area contributed by atoms with Crippen LogP contribution in [0.15, 0.2) is 76.9 Å². The van der Waals surface area contributed by atoms with Crippen LogP contribution >= 0.6 is 11.8 Å². The molecule has 1 fully saturated rings. The van der Waals surface area contributed by atoms with E-state index in [2.05, 4.69) is 41.4 Å². The minimum atomic E-state index is -0.106. The van der Waals surface area contributed by atoms with E-state index in [4.69, 9.17) is 4.74 Å². The maximum Gasteiger partial charge on any atom is 0.242 e. The average molecular weight is 446 g/mol. The number of ether oxygens (including phenoxy) is 1. The fourth-order valence-corrected chi connectivity index (χ4v) is 4.96. The molecule has 3 aromatic carbocycles. The number of carbonyl (C=O) groups excluding carboxylic acids is 1. The lowest BCUT2D eigenvalue weighted by Gasteiger charge is -2.17. The lowest BCUT2D eigenvalue weighted by molar-refractivity contribution is -0.126. The van der Waals surface area contributed by atoms with E-state index in [1.807, 2.05) is 42.5 Å². The second-order valence-corrected chi connectivity index (χ2v) is 8.85. The normalized spacial score (nSPS) is 17.7. The Hall–Kier alpha value is -3.12. The Kier molecular flexibility index (Phi) is 7.22. The molecule has 1 saturated heterocycles. The highest BCUT2D eigenvalue weighted by atomic mass is 32.2. The molecule has 1 aliphatic heterocycles. The Morgan fingerprint density at radius 2 is 1.84 bits per heavy atom. The fraction of sp³-hybridized carbons (Fsp3) is 0.269. The van der Waals surface area contributed by atoms with Gasteiger partial charge in [0.2, 0.25) is 5.91 Å². The molecule has 1 aliphatic rings. The number of methoxy groups -OCH3 is 1. The smallest absolute Gasteiger partial charge is 0.242 e. The van der Waals surface area contributed by atoms with Crippen LogP contribution in [-0.2, 0) is 11.3 Å². The number of nitrogens with zero attached hydrogens (tertiary/aromatic N) is 3. The summed E-state index contributed by atoms with van der Waals surface area (Å²) < 4.78 is 5.38. The Morgan fingerprint density at radius 1 is 1.06 bits per heavy atom. The van der Waals surface area contributed by atoms with Crippen molar-refractivity contribution in [2.75, 3.05) is 7.11 Å². The molecule has 1 amide bonds. The molecule has 3 aromatic rings. The van der Waals surface area contributed by atoms with E-state index < -0.39 is 0 Å². The lowest BCUT2D eigenvalue weighted by atomic mass is 10.0. The van der Waals surface area contributed by atoms with Gasteiger partial charge in [0, 0.05) is 5.56 Å². The molecule has 6 heteroatoms. The highest BCUT2D eigenvalue weighted by Crippen LogP contribution is 2.33. The molecule has 0 unspecified atom stereocenters. The summed E-state index contributed by atoms with van der Waals surface area (Å²) in [6, 6.07) is 22.1. The first-order valence-corrected chi connectivity index (χ1v) is 11.8. The molecule has 0 aliphatic carbocycles. The number of fused-ring (bicyclic) bond motifs is 1. The van der Waals surface area contributed by atoms with Gasteiger partial charge in [-0.1, -0.05) is 86.1 Å². The van der Waals surface area contributed by atoms with Gasteiger partial charge in [-0.2, -0.15) is 5.10 Å². The molecule has 0 bridgehead atoms. The number of thioether (sulfide) groups is 1. The number of rotatable bonds is 8. The van der Waals surface area contributed by atoms with E-state index in [1.165, 1.54) is 17.1 Å². The molecule has 1 atom stereocenters. The van der Waals surface area contributed by atoms with E-state index in [9.17, 15) is 4.79 Å². The van der Waals surface area contributed by atoms with E-state index in [0.717, 1.165) is 41.5 Å². The van der Waals surface area contributed by atoms with Gasteiger partial charge in [0.15, 0.2) is 5.17 Å². The molecule has 0 aromatic heterocycles.